The summed E-state index contributed by atoms with van der Waals surface area (Å²) in [5.74, 6) is -0.814. The fourth-order valence-corrected chi connectivity index (χ4v) is 4.44. The fourth-order valence-electron chi connectivity index (χ4n) is 3.29. The molecule has 6 heteroatoms. The number of sulfone groups is 1. The largest absolute Gasteiger partial charge is 0.339 e. The van der Waals surface area contributed by atoms with Crippen molar-refractivity contribution in [3.63, 3.8) is 0 Å². The number of hydrogen-bond donors (Lipinski definition) is 0. The normalized spacial score (nSPS) is 18.7. The zero-order chi connectivity index (χ0) is 17.2. The summed E-state index contributed by atoms with van der Waals surface area (Å²) < 4.78 is 25.2. The Morgan fingerprint density at radius 3 is 2.79 bits per heavy atom. The van der Waals surface area contributed by atoms with E-state index in [9.17, 15) is 13.2 Å². The van der Waals surface area contributed by atoms with E-state index < -0.39 is 15.6 Å². The minimum absolute atomic E-state index is 0.0281. The van der Waals surface area contributed by atoms with Gasteiger partial charge in [-0.1, -0.05) is 25.1 Å². The van der Waals surface area contributed by atoms with E-state index in [0.29, 0.717) is 12.1 Å². The molecule has 0 saturated carbocycles. The molecule has 0 spiro atoms. The highest BCUT2D eigenvalue weighted by Crippen LogP contribution is 2.21. The zero-order valence-corrected chi connectivity index (χ0v) is 14.6. The number of nitrogens with zero attached hydrogens (tertiary/aromatic N) is 2. The van der Waals surface area contributed by atoms with Crippen LogP contribution in [0.25, 0.3) is 10.9 Å². The van der Waals surface area contributed by atoms with Crippen molar-refractivity contribution in [2.24, 2.45) is 0 Å². The Labute approximate surface area is 142 Å². The number of piperidine rings is 1. The summed E-state index contributed by atoms with van der Waals surface area (Å²) in [5, 5.41) is 0.851. The lowest BCUT2D eigenvalue weighted by molar-refractivity contribution is -0.132. The Balaban J connectivity index is 1.82. The number of benzene rings is 1. The van der Waals surface area contributed by atoms with Crippen LogP contribution >= 0.6 is 0 Å². The number of carbonyl (C=O) groups is 1. The Morgan fingerprint density at radius 1 is 1.21 bits per heavy atom. The number of fused-ring (bicyclic) bond motifs is 1. The number of para-hydroxylation sites is 1. The first kappa shape index (κ1) is 16.9. The van der Waals surface area contributed by atoms with Gasteiger partial charge in [0, 0.05) is 18.0 Å². The molecule has 0 aliphatic carbocycles. The van der Waals surface area contributed by atoms with E-state index in [1.54, 1.807) is 17.0 Å². The van der Waals surface area contributed by atoms with Gasteiger partial charge in [0.2, 0.25) is 15.7 Å². The third kappa shape index (κ3) is 3.43. The maximum atomic E-state index is 12.6. The van der Waals surface area contributed by atoms with Gasteiger partial charge in [-0.25, -0.2) is 13.4 Å². The Bertz CT molecular complexity index is 848. The molecule has 0 radical (unpaired) electrons. The van der Waals surface area contributed by atoms with Gasteiger partial charge in [-0.05, 0) is 43.9 Å². The van der Waals surface area contributed by atoms with Crippen LogP contribution in [0.5, 0.6) is 0 Å². The fraction of sp³-hybridized carbons (Fsp3) is 0.444. The quantitative estimate of drug-likeness (QED) is 0.854. The van der Waals surface area contributed by atoms with E-state index in [0.717, 1.165) is 31.1 Å². The van der Waals surface area contributed by atoms with E-state index in [2.05, 4.69) is 4.98 Å². The number of aromatic nitrogens is 1. The summed E-state index contributed by atoms with van der Waals surface area (Å²) in [6, 6.07) is 10.7. The summed E-state index contributed by atoms with van der Waals surface area (Å²) in [6.07, 6.45) is 3.86. The average molecular weight is 346 g/mol. The van der Waals surface area contributed by atoms with Crippen molar-refractivity contribution in [3.05, 3.63) is 36.4 Å². The maximum absolute atomic E-state index is 12.6. The lowest BCUT2D eigenvalue weighted by atomic mass is 10.0. The molecule has 24 heavy (non-hydrogen) atoms. The molecule has 1 fully saturated rings. The van der Waals surface area contributed by atoms with Crippen molar-refractivity contribution in [3.8, 4) is 0 Å². The molecule has 2 heterocycles. The molecule has 128 valence electrons. The number of carbonyl (C=O) groups excluding carboxylic acids is 1. The molecule has 0 bridgehead atoms. The molecule has 3 rings (SSSR count). The van der Waals surface area contributed by atoms with Gasteiger partial charge in [0.1, 0.15) is 5.75 Å². The van der Waals surface area contributed by atoms with Gasteiger partial charge in [-0.15, -0.1) is 0 Å². The SMILES string of the molecule is CCC1CCCCN1C(=O)CS(=O)(=O)c1ccc2ccccc2n1. The Morgan fingerprint density at radius 2 is 2.00 bits per heavy atom. The van der Waals surface area contributed by atoms with Crippen LogP contribution in [0, 0.1) is 0 Å². The maximum Gasteiger partial charge on any atom is 0.238 e. The standard InChI is InChI=1S/C18H22N2O3S/c1-2-15-8-5-6-12-20(15)18(21)13-24(22,23)17-11-10-14-7-3-4-9-16(14)19-17/h3-4,7,9-11,15H,2,5-6,8,12-13H2,1H3. The average Bonchev–Trinajstić information content (AvgIpc) is 2.60. The minimum atomic E-state index is -3.73. The number of rotatable bonds is 4. The molecule has 1 aromatic heterocycles. The van der Waals surface area contributed by atoms with Crippen LogP contribution in [0.15, 0.2) is 41.4 Å². The molecular weight excluding hydrogens is 324 g/mol. The second-order valence-electron chi connectivity index (χ2n) is 6.25. The Kier molecular flexibility index (Phi) is 4.85. The van der Waals surface area contributed by atoms with Crippen LogP contribution in [-0.4, -0.2) is 42.5 Å². The first-order valence-corrected chi connectivity index (χ1v) is 10.0. The summed E-state index contributed by atoms with van der Waals surface area (Å²) in [4.78, 5) is 18.5. The second-order valence-corrected chi connectivity index (χ2v) is 8.18. The molecule has 2 aromatic rings. The zero-order valence-electron chi connectivity index (χ0n) is 13.8. The summed E-state index contributed by atoms with van der Waals surface area (Å²) in [5.41, 5.74) is 0.621. The number of likely N-dealkylation sites (tertiary alicyclic amines) is 1. The van der Waals surface area contributed by atoms with Crippen LogP contribution < -0.4 is 0 Å². The summed E-state index contributed by atoms with van der Waals surface area (Å²) in [6.45, 7) is 2.69. The molecule has 1 unspecified atom stereocenters. The van der Waals surface area contributed by atoms with Crippen molar-refractivity contribution in [1.82, 2.24) is 9.88 Å². The van der Waals surface area contributed by atoms with Gasteiger partial charge in [0.05, 0.1) is 5.52 Å². The summed E-state index contributed by atoms with van der Waals surface area (Å²) in [7, 11) is -3.73. The number of amides is 1. The van der Waals surface area contributed by atoms with Crippen molar-refractivity contribution in [2.75, 3.05) is 12.3 Å². The number of hydrogen-bond acceptors (Lipinski definition) is 4. The molecule has 0 N–H and O–H groups in total. The van der Waals surface area contributed by atoms with Gasteiger partial charge < -0.3 is 4.90 Å². The first-order chi connectivity index (χ1) is 11.5. The Hall–Kier alpha value is -1.95. The van der Waals surface area contributed by atoms with Crippen LogP contribution in [0.1, 0.15) is 32.6 Å². The van der Waals surface area contributed by atoms with Crippen LogP contribution in [0.3, 0.4) is 0 Å². The highest BCUT2D eigenvalue weighted by atomic mass is 32.2. The van der Waals surface area contributed by atoms with Gasteiger partial charge in [-0.2, -0.15) is 0 Å². The molecular formula is C18H22N2O3S. The third-order valence-electron chi connectivity index (χ3n) is 4.62. The van der Waals surface area contributed by atoms with E-state index in [1.165, 1.54) is 6.07 Å². The van der Waals surface area contributed by atoms with Gasteiger partial charge >= 0.3 is 0 Å². The van der Waals surface area contributed by atoms with Crippen molar-refractivity contribution in [1.29, 1.82) is 0 Å². The second kappa shape index (κ2) is 6.89. The first-order valence-electron chi connectivity index (χ1n) is 8.39. The topological polar surface area (TPSA) is 67.3 Å². The van der Waals surface area contributed by atoms with Gasteiger partial charge in [0.15, 0.2) is 5.03 Å². The lowest BCUT2D eigenvalue weighted by Crippen LogP contribution is -2.45. The van der Waals surface area contributed by atoms with Crippen LogP contribution in [0.4, 0.5) is 0 Å². The minimum Gasteiger partial charge on any atom is -0.339 e. The lowest BCUT2D eigenvalue weighted by Gasteiger charge is -2.35. The molecule has 1 atom stereocenters. The van der Waals surface area contributed by atoms with E-state index in [1.807, 2.05) is 25.1 Å². The number of pyridine rings is 1. The highest BCUT2D eigenvalue weighted by Gasteiger charge is 2.30. The van der Waals surface area contributed by atoms with Crippen molar-refractivity contribution in [2.45, 2.75) is 43.7 Å². The van der Waals surface area contributed by atoms with Crippen molar-refractivity contribution >= 4 is 26.6 Å². The van der Waals surface area contributed by atoms with Crippen LogP contribution in [-0.2, 0) is 14.6 Å². The molecule has 1 aliphatic heterocycles. The van der Waals surface area contributed by atoms with E-state index >= 15 is 0 Å². The molecule has 1 saturated heterocycles. The van der Waals surface area contributed by atoms with E-state index in [-0.39, 0.29) is 17.0 Å². The predicted octanol–water partition coefficient (Wildman–Crippen LogP) is 2.80. The highest BCUT2D eigenvalue weighted by molar-refractivity contribution is 7.92. The van der Waals surface area contributed by atoms with Crippen LogP contribution in [0.2, 0.25) is 0 Å². The molecule has 1 amide bonds. The van der Waals surface area contributed by atoms with Gasteiger partial charge in [-0.3, -0.25) is 4.79 Å². The monoisotopic (exact) mass is 346 g/mol. The summed E-state index contributed by atoms with van der Waals surface area (Å²) >= 11 is 0. The van der Waals surface area contributed by atoms with Crippen molar-refractivity contribution < 1.29 is 13.2 Å². The predicted molar refractivity (Wildman–Crippen MR) is 93.4 cm³/mol. The smallest absolute Gasteiger partial charge is 0.238 e. The molecule has 1 aliphatic rings. The third-order valence-corrected chi connectivity index (χ3v) is 6.12. The molecule has 1 aromatic carbocycles. The molecule has 5 nitrogen and oxygen atoms in total. The van der Waals surface area contributed by atoms with Gasteiger partial charge in [0.25, 0.3) is 0 Å². The van der Waals surface area contributed by atoms with E-state index in [4.69, 9.17) is 0 Å².